The Kier molecular flexibility index (Phi) is 4.81. The molecule has 0 aliphatic heterocycles. The lowest BCUT2D eigenvalue weighted by atomic mass is 10.1. The van der Waals surface area contributed by atoms with E-state index < -0.39 is 18.0 Å². The fraction of sp³-hybridized carbons (Fsp3) is 0.333. The largest absolute Gasteiger partial charge is 0.462 e. The van der Waals surface area contributed by atoms with Crippen LogP contribution in [0.5, 0.6) is 0 Å². The molecule has 1 rings (SSSR count). The fourth-order valence-corrected chi connectivity index (χ4v) is 1.26. The van der Waals surface area contributed by atoms with Gasteiger partial charge in [0.15, 0.2) is 0 Å². The van der Waals surface area contributed by atoms with Gasteiger partial charge in [-0.1, -0.05) is 12.1 Å². The Morgan fingerprint density at radius 2 is 2.00 bits per heavy atom. The predicted octanol–water partition coefficient (Wildman–Crippen LogP) is 1.01. The summed E-state index contributed by atoms with van der Waals surface area (Å²) in [6.45, 7) is 1.96. The van der Waals surface area contributed by atoms with E-state index >= 15 is 0 Å². The highest BCUT2D eigenvalue weighted by atomic mass is 16.6. The molecule has 0 saturated carbocycles. The molecule has 0 aliphatic rings. The van der Waals surface area contributed by atoms with Gasteiger partial charge in [0.2, 0.25) is 12.1 Å². The van der Waals surface area contributed by atoms with Gasteiger partial charge in [-0.15, -0.1) is 0 Å². The summed E-state index contributed by atoms with van der Waals surface area (Å²) in [6, 6.07) is 5.94. The zero-order chi connectivity index (χ0) is 12.8. The van der Waals surface area contributed by atoms with E-state index in [1.54, 1.807) is 13.0 Å². The Hall–Kier alpha value is -1.72. The van der Waals surface area contributed by atoms with Crippen LogP contribution in [0.3, 0.4) is 0 Å². The number of ketones is 1. The highest BCUT2D eigenvalue weighted by Gasteiger charge is 2.17. The zero-order valence-corrected chi connectivity index (χ0v) is 9.67. The van der Waals surface area contributed by atoms with Crippen LogP contribution in [-0.2, 0) is 9.47 Å². The molecule has 92 valence electrons. The van der Waals surface area contributed by atoms with E-state index in [4.69, 9.17) is 4.74 Å². The number of Topliss-reactive ketones (excluding diaryl/α,β-unsaturated/α-hetero) is 1. The van der Waals surface area contributed by atoms with Crippen LogP contribution in [0, 0.1) is 0 Å². The van der Waals surface area contributed by atoms with Crippen molar-refractivity contribution in [3.05, 3.63) is 35.4 Å². The molecule has 0 amide bonds. The minimum absolute atomic E-state index is 0.199. The summed E-state index contributed by atoms with van der Waals surface area (Å²) in [4.78, 5) is 23.0. The van der Waals surface area contributed by atoms with Crippen molar-refractivity contribution in [2.24, 2.45) is 0 Å². The average Bonchev–Trinajstić information content (AvgIpc) is 2.37. The van der Waals surface area contributed by atoms with E-state index in [2.05, 4.69) is 4.74 Å². The number of rotatable bonds is 5. The monoisotopic (exact) mass is 238 g/mol. The lowest BCUT2D eigenvalue weighted by Crippen LogP contribution is -2.22. The second-order valence-electron chi connectivity index (χ2n) is 3.25. The number of carbonyl (C=O) groups is 2. The molecule has 17 heavy (non-hydrogen) atoms. The maximum atomic E-state index is 11.6. The highest BCUT2D eigenvalue weighted by molar-refractivity contribution is 6.00. The fourth-order valence-electron chi connectivity index (χ4n) is 1.26. The van der Waals surface area contributed by atoms with Crippen LogP contribution in [0.15, 0.2) is 24.3 Å². The molecule has 1 atom stereocenters. The molecular weight excluding hydrogens is 224 g/mol. The van der Waals surface area contributed by atoms with Gasteiger partial charge in [-0.3, -0.25) is 4.79 Å². The van der Waals surface area contributed by atoms with E-state index in [-0.39, 0.29) is 17.7 Å². The number of hydrogen-bond donors (Lipinski definition) is 1. The van der Waals surface area contributed by atoms with Gasteiger partial charge < -0.3 is 14.6 Å². The normalized spacial score (nSPS) is 11.9. The standard InChI is InChI=1S/C12H14O5/c1-3-17-11(14)9-6-4-5-8(7-9)10(13)12(15)16-2/h4-7,12,15H,3H2,1-2H3. The first-order chi connectivity index (χ1) is 8.10. The summed E-state index contributed by atoms with van der Waals surface area (Å²) in [5.41, 5.74) is 0.464. The Morgan fingerprint density at radius 3 is 2.59 bits per heavy atom. The van der Waals surface area contributed by atoms with Crippen molar-refractivity contribution in [3.8, 4) is 0 Å². The van der Waals surface area contributed by atoms with Gasteiger partial charge in [0.1, 0.15) is 0 Å². The molecule has 1 unspecified atom stereocenters. The van der Waals surface area contributed by atoms with Crippen molar-refractivity contribution in [2.75, 3.05) is 13.7 Å². The van der Waals surface area contributed by atoms with E-state index in [0.717, 1.165) is 0 Å². The number of esters is 1. The maximum absolute atomic E-state index is 11.6. The molecule has 0 aliphatic carbocycles. The molecule has 0 bridgehead atoms. The van der Waals surface area contributed by atoms with E-state index in [1.807, 2.05) is 0 Å². The predicted molar refractivity (Wildman–Crippen MR) is 59.7 cm³/mol. The quantitative estimate of drug-likeness (QED) is 0.471. The molecule has 5 heteroatoms. The molecule has 0 fully saturated rings. The van der Waals surface area contributed by atoms with Crippen LogP contribution in [0.1, 0.15) is 27.6 Å². The SMILES string of the molecule is CCOC(=O)c1cccc(C(=O)C(O)OC)c1. The van der Waals surface area contributed by atoms with E-state index in [0.29, 0.717) is 0 Å². The van der Waals surface area contributed by atoms with E-state index in [1.165, 1.54) is 25.3 Å². The molecule has 0 saturated heterocycles. The molecule has 5 nitrogen and oxygen atoms in total. The summed E-state index contributed by atoms with van der Waals surface area (Å²) >= 11 is 0. The average molecular weight is 238 g/mol. The molecule has 1 aromatic carbocycles. The van der Waals surface area contributed by atoms with Crippen molar-refractivity contribution in [1.29, 1.82) is 0 Å². The van der Waals surface area contributed by atoms with Gasteiger partial charge in [0.05, 0.1) is 12.2 Å². The van der Waals surface area contributed by atoms with Crippen LogP contribution in [0.4, 0.5) is 0 Å². The third-order valence-electron chi connectivity index (χ3n) is 2.11. The number of carbonyl (C=O) groups excluding carboxylic acids is 2. The minimum Gasteiger partial charge on any atom is -0.462 e. The van der Waals surface area contributed by atoms with Crippen LogP contribution < -0.4 is 0 Å². The summed E-state index contributed by atoms with van der Waals surface area (Å²) in [6.07, 6.45) is -1.52. The summed E-state index contributed by atoms with van der Waals surface area (Å²) in [5.74, 6) is -1.10. The molecule has 0 aromatic heterocycles. The number of methoxy groups -OCH3 is 1. The number of aliphatic hydroxyl groups excluding tert-OH is 1. The number of aliphatic hydroxyl groups is 1. The number of ether oxygens (including phenoxy) is 2. The topological polar surface area (TPSA) is 72.8 Å². The number of hydrogen-bond acceptors (Lipinski definition) is 5. The minimum atomic E-state index is -1.52. The molecule has 0 radical (unpaired) electrons. The third-order valence-corrected chi connectivity index (χ3v) is 2.11. The smallest absolute Gasteiger partial charge is 0.338 e. The Bertz CT molecular complexity index is 413. The lowest BCUT2D eigenvalue weighted by molar-refractivity contribution is -0.0483. The first kappa shape index (κ1) is 13.3. The van der Waals surface area contributed by atoms with Crippen LogP contribution in [-0.4, -0.2) is 36.9 Å². The van der Waals surface area contributed by atoms with Crippen molar-refractivity contribution in [2.45, 2.75) is 13.2 Å². The van der Waals surface area contributed by atoms with Crippen LogP contribution >= 0.6 is 0 Å². The Morgan fingerprint density at radius 1 is 1.35 bits per heavy atom. The summed E-state index contributed by atoms with van der Waals surface area (Å²) < 4.78 is 9.31. The lowest BCUT2D eigenvalue weighted by Gasteiger charge is -2.08. The van der Waals surface area contributed by atoms with E-state index in [9.17, 15) is 14.7 Å². The van der Waals surface area contributed by atoms with Gasteiger partial charge in [0.25, 0.3) is 0 Å². The summed E-state index contributed by atoms with van der Waals surface area (Å²) in [5, 5.41) is 9.22. The van der Waals surface area contributed by atoms with Crippen molar-refractivity contribution in [1.82, 2.24) is 0 Å². The molecular formula is C12H14O5. The highest BCUT2D eigenvalue weighted by Crippen LogP contribution is 2.09. The van der Waals surface area contributed by atoms with Gasteiger partial charge in [0, 0.05) is 12.7 Å². The first-order valence-electron chi connectivity index (χ1n) is 5.12. The molecule has 1 N–H and O–H groups in total. The van der Waals surface area contributed by atoms with Gasteiger partial charge in [-0.2, -0.15) is 0 Å². The third kappa shape index (κ3) is 3.37. The first-order valence-corrected chi connectivity index (χ1v) is 5.12. The molecule has 0 heterocycles. The summed E-state index contributed by atoms with van der Waals surface area (Å²) in [7, 11) is 1.22. The van der Waals surface area contributed by atoms with Crippen molar-refractivity contribution in [3.63, 3.8) is 0 Å². The van der Waals surface area contributed by atoms with Crippen molar-refractivity contribution < 1.29 is 24.2 Å². The van der Waals surface area contributed by atoms with Crippen LogP contribution in [0.2, 0.25) is 0 Å². The van der Waals surface area contributed by atoms with Crippen molar-refractivity contribution >= 4 is 11.8 Å². The number of benzene rings is 1. The molecule has 1 aromatic rings. The maximum Gasteiger partial charge on any atom is 0.338 e. The van der Waals surface area contributed by atoms with Crippen LogP contribution in [0.25, 0.3) is 0 Å². The van der Waals surface area contributed by atoms with Gasteiger partial charge in [-0.25, -0.2) is 4.79 Å². The molecule has 0 spiro atoms. The van der Waals surface area contributed by atoms with Gasteiger partial charge >= 0.3 is 5.97 Å². The zero-order valence-electron chi connectivity index (χ0n) is 9.67. The second-order valence-corrected chi connectivity index (χ2v) is 3.25. The Labute approximate surface area is 99.0 Å². The van der Waals surface area contributed by atoms with Gasteiger partial charge in [-0.05, 0) is 19.1 Å². The second kappa shape index (κ2) is 6.12. The Balaban J connectivity index is 2.93.